The minimum atomic E-state index is -0.646. The van der Waals surface area contributed by atoms with E-state index in [-0.39, 0.29) is 5.82 Å². The first kappa shape index (κ1) is 10.1. The van der Waals surface area contributed by atoms with Gasteiger partial charge in [-0.05, 0) is 25.1 Å². The molecule has 4 nitrogen and oxygen atoms in total. The first-order valence-electron chi connectivity index (χ1n) is 4.73. The molecular formula is C10H12FN3O. The standard InChI is InChI=1S/C10H12FN3O/c11-7-3-6-4-8(9(15)1-2-12)14-10(6)13-5-7/h3-5,9,15H,1-2,12H2,(H,13,14). The van der Waals surface area contributed by atoms with Gasteiger partial charge in [0.05, 0.1) is 12.3 Å². The summed E-state index contributed by atoms with van der Waals surface area (Å²) in [6, 6.07) is 3.06. The van der Waals surface area contributed by atoms with Gasteiger partial charge < -0.3 is 15.8 Å². The Balaban J connectivity index is 2.38. The van der Waals surface area contributed by atoms with Gasteiger partial charge in [-0.2, -0.15) is 0 Å². The lowest BCUT2D eigenvalue weighted by atomic mass is 10.2. The zero-order valence-corrected chi connectivity index (χ0v) is 8.07. The van der Waals surface area contributed by atoms with E-state index in [0.717, 1.165) is 6.20 Å². The summed E-state index contributed by atoms with van der Waals surface area (Å²) in [6.07, 6.45) is 0.958. The molecule has 1 atom stereocenters. The molecular weight excluding hydrogens is 197 g/mol. The van der Waals surface area contributed by atoms with Crippen LogP contribution in [0.1, 0.15) is 18.2 Å². The fourth-order valence-electron chi connectivity index (χ4n) is 1.50. The number of aliphatic hydroxyl groups is 1. The number of aliphatic hydroxyl groups excluding tert-OH is 1. The Hall–Kier alpha value is -1.46. The molecule has 5 heteroatoms. The zero-order chi connectivity index (χ0) is 10.8. The number of aromatic amines is 1. The molecule has 0 aliphatic carbocycles. The van der Waals surface area contributed by atoms with Crippen LogP contribution < -0.4 is 5.73 Å². The van der Waals surface area contributed by atoms with Gasteiger partial charge in [-0.3, -0.25) is 0 Å². The second-order valence-electron chi connectivity index (χ2n) is 3.41. The summed E-state index contributed by atoms with van der Waals surface area (Å²) in [5.41, 5.74) is 6.53. The number of pyridine rings is 1. The van der Waals surface area contributed by atoms with Crippen LogP contribution >= 0.6 is 0 Å². The van der Waals surface area contributed by atoms with Crippen LogP contribution in [0.25, 0.3) is 11.0 Å². The first-order valence-corrected chi connectivity index (χ1v) is 4.73. The summed E-state index contributed by atoms with van der Waals surface area (Å²) in [7, 11) is 0. The van der Waals surface area contributed by atoms with Crippen LogP contribution in [0.2, 0.25) is 0 Å². The molecule has 15 heavy (non-hydrogen) atoms. The first-order chi connectivity index (χ1) is 7.20. The maximum Gasteiger partial charge on any atom is 0.142 e. The van der Waals surface area contributed by atoms with E-state index in [4.69, 9.17) is 5.73 Å². The average molecular weight is 209 g/mol. The van der Waals surface area contributed by atoms with Crippen LogP contribution in [0.15, 0.2) is 18.3 Å². The molecule has 0 radical (unpaired) electrons. The summed E-state index contributed by atoms with van der Waals surface area (Å²) in [5.74, 6) is -0.388. The SMILES string of the molecule is NCCC(O)c1cc2cc(F)cnc2[nH]1. The topological polar surface area (TPSA) is 74.9 Å². The highest BCUT2D eigenvalue weighted by atomic mass is 19.1. The van der Waals surface area contributed by atoms with Gasteiger partial charge >= 0.3 is 0 Å². The van der Waals surface area contributed by atoms with Crippen molar-refractivity contribution >= 4 is 11.0 Å². The normalized spacial score (nSPS) is 13.3. The third-order valence-electron chi connectivity index (χ3n) is 2.26. The highest BCUT2D eigenvalue weighted by Crippen LogP contribution is 2.20. The number of fused-ring (bicyclic) bond motifs is 1. The minimum absolute atomic E-state index is 0.388. The molecule has 2 heterocycles. The summed E-state index contributed by atoms with van der Waals surface area (Å²) < 4.78 is 12.8. The van der Waals surface area contributed by atoms with Gasteiger partial charge in [0.1, 0.15) is 11.5 Å². The number of halogens is 1. The van der Waals surface area contributed by atoms with Gasteiger partial charge in [-0.1, -0.05) is 0 Å². The smallest absolute Gasteiger partial charge is 0.142 e. The summed E-state index contributed by atoms with van der Waals surface area (Å²) in [6.45, 7) is 0.401. The minimum Gasteiger partial charge on any atom is -0.387 e. The summed E-state index contributed by atoms with van der Waals surface area (Å²) in [5, 5.41) is 10.3. The lowest BCUT2D eigenvalue weighted by molar-refractivity contribution is 0.166. The molecule has 2 rings (SSSR count). The molecule has 4 N–H and O–H groups in total. The molecule has 0 saturated carbocycles. The predicted molar refractivity (Wildman–Crippen MR) is 54.7 cm³/mol. The molecule has 0 saturated heterocycles. The van der Waals surface area contributed by atoms with Crippen molar-refractivity contribution in [2.45, 2.75) is 12.5 Å². The quantitative estimate of drug-likeness (QED) is 0.708. The van der Waals surface area contributed by atoms with Gasteiger partial charge in [0.15, 0.2) is 0 Å². The Bertz CT molecular complexity index is 469. The second kappa shape index (κ2) is 3.96. The molecule has 0 amide bonds. The van der Waals surface area contributed by atoms with Gasteiger partial charge in [-0.15, -0.1) is 0 Å². The van der Waals surface area contributed by atoms with Crippen molar-refractivity contribution in [3.8, 4) is 0 Å². The molecule has 0 fully saturated rings. The van der Waals surface area contributed by atoms with Crippen molar-refractivity contribution in [2.24, 2.45) is 5.73 Å². The summed E-state index contributed by atoms with van der Waals surface area (Å²) >= 11 is 0. The molecule has 0 bridgehead atoms. The Labute approximate surface area is 85.9 Å². The largest absolute Gasteiger partial charge is 0.387 e. The van der Waals surface area contributed by atoms with Crippen LogP contribution in [-0.2, 0) is 0 Å². The van der Waals surface area contributed by atoms with E-state index in [2.05, 4.69) is 9.97 Å². The van der Waals surface area contributed by atoms with Crippen molar-refractivity contribution in [1.82, 2.24) is 9.97 Å². The molecule has 1 unspecified atom stereocenters. The number of nitrogens with two attached hydrogens (primary N) is 1. The Kier molecular flexibility index (Phi) is 2.66. The maximum absolute atomic E-state index is 12.8. The zero-order valence-electron chi connectivity index (χ0n) is 8.07. The third-order valence-corrected chi connectivity index (χ3v) is 2.26. The molecule has 80 valence electrons. The van der Waals surface area contributed by atoms with Crippen LogP contribution in [0.5, 0.6) is 0 Å². The second-order valence-corrected chi connectivity index (χ2v) is 3.41. The third kappa shape index (κ3) is 1.98. The van der Waals surface area contributed by atoms with E-state index < -0.39 is 6.10 Å². The highest BCUT2D eigenvalue weighted by molar-refractivity contribution is 5.76. The lowest BCUT2D eigenvalue weighted by Crippen LogP contribution is -2.06. The number of hydrogen-bond donors (Lipinski definition) is 3. The van der Waals surface area contributed by atoms with Gasteiger partial charge in [0, 0.05) is 11.1 Å². The van der Waals surface area contributed by atoms with E-state index in [1.807, 2.05) is 0 Å². The fourth-order valence-corrected chi connectivity index (χ4v) is 1.50. The van der Waals surface area contributed by atoms with E-state index >= 15 is 0 Å². The fraction of sp³-hybridized carbons (Fsp3) is 0.300. The number of aromatic nitrogens is 2. The van der Waals surface area contributed by atoms with E-state index in [1.54, 1.807) is 6.07 Å². The predicted octanol–water partition coefficient (Wildman–Crippen LogP) is 1.08. The number of nitrogens with zero attached hydrogens (tertiary/aromatic N) is 1. The van der Waals surface area contributed by atoms with Gasteiger partial charge in [0.2, 0.25) is 0 Å². The van der Waals surface area contributed by atoms with E-state index in [9.17, 15) is 9.50 Å². The van der Waals surface area contributed by atoms with Crippen LogP contribution in [0.3, 0.4) is 0 Å². The number of nitrogens with one attached hydrogen (secondary N) is 1. The van der Waals surface area contributed by atoms with Crippen molar-refractivity contribution < 1.29 is 9.50 Å². The molecule has 2 aromatic heterocycles. The highest BCUT2D eigenvalue weighted by Gasteiger charge is 2.10. The Morgan fingerprint density at radius 1 is 1.53 bits per heavy atom. The van der Waals surface area contributed by atoms with Crippen LogP contribution in [0.4, 0.5) is 4.39 Å². The van der Waals surface area contributed by atoms with Crippen molar-refractivity contribution in [1.29, 1.82) is 0 Å². The average Bonchev–Trinajstić information content (AvgIpc) is 2.60. The number of H-pyrrole nitrogens is 1. The van der Waals surface area contributed by atoms with Crippen molar-refractivity contribution in [2.75, 3.05) is 6.54 Å². The monoisotopic (exact) mass is 209 g/mol. The molecule has 0 aliphatic rings. The molecule has 2 aromatic rings. The van der Waals surface area contributed by atoms with Crippen LogP contribution in [0, 0.1) is 5.82 Å². The van der Waals surface area contributed by atoms with Crippen molar-refractivity contribution in [3.63, 3.8) is 0 Å². The summed E-state index contributed by atoms with van der Waals surface area (Å²) in [4.78, 5) is 6.80. The molecule has 0 spiro atoms. The maximum atomic E-state index is 12.8. The van der Waals surface area contributed by atoms with E-state index in [0.29, 0.717) is 29.7 Å². The molecule has 0 aliphatic heterocycles. The number of rotatable bonds is 3. The number of hydrogen-bond acceptors (Lipinski definition) is 3. The lowest BCUT2D eigenvalue weighted by Gasteiger charge is -2.05. The van der Waals surface area contributed by atoms with Gasteiger partial charge in [0.25, 0.3) is 0 Å². The Morgan fingerprint density at radius 3 is 3.07 bits per heavy atom. The Morgan fingerprint density at radius 2 is 2.33 bits per heavy atom. The van der Waals surface area contributed by atoms with Crippen LogP contribution in [-0.4, -0.2) is 21.6 Å². The molecule has 0 aromatic carbocycles. The van der Waals surface area contributed by atoms with E-state index in [1.165, 1.54) is 6.07 Å². The van der Waals surface area contributed by atoms with Crippen molar-refractivity contribution in [3.05, 3.63) is 29.8 Å². The van der Waals surface area contributed by atoms with Gasteiger partial charge in [-0.25, -0.2) is 9.37 Å².